The number of aromatic nitrogens is 2. The van der Waals surface area contributed by atoms with Crippen LogP contribution in [0.25, 0.3) is 0 Å². The lowest BCUT2D eigenvalue weighted by atomic mass is 9.90. The first-order valence-corrected chi connectivity index (χ1v) is 9.10. The van der Waals surface area contributed by atoms with Crippen molar-refractivity contribution < 1.29 is 0 Å². The van der Waals surface area contributed by atoms with E-state index in [9.17, 15) is 0 Å². The maximum atomic E-state index is 6.23. The molecule has 1 fully saturated rings. The Bertz CT molecular complexity index is 932. The lowest BCUT2D eigenvalue weighted by Gasteiger charge is -2.27. The van der Waals surface area contributed by atoms with Crippen molar-refractivity contribution in [2.45, 2.75) is 24.8 Å². The summed E-state index contributed by atoms with van der Waals surface area (Å²) in [6.07, 6.45) is 4.25. The minimum absolute atomic E-state index is 0.213. The van der Waals surface area contributed by atoms with Gasteiger partial charge in [0.05, 0.1) is 11.8 Å². The molecule has 0 spiro atoms. The largest absolute Gasteiger partial charge is 0.357 e. The monoisotopic (exact) mass is 364 g/mol. The zero-order chi connectivity index (χ0) is 18.3. The third-order valence-electron chi connectivity index (χ3n) is 4.86. The number of rotatable bonds is 5. The van der Waals surface area contributed by atoms with Crippen molar-refractivity contribution in [3.05, 3.63) is 83.2 Å². The number of benzene rings is 1. The molecule has 2 heterocycles. The molecule has 1 N–H and O–H groups in total. The van der Waals surface area contributed by atoms with E-state index in [0.29, 0.717) is 11.0 Å². The van der Waals surface area contributed by atoms with Crippen LogP contribution in [0.15, 0.2) is 76.9 Å². The second-order valence-corrected chi connectivity index (χ2v) is 7.24. The molecule has 1 saturated carbocycles. The molecule has 0 bridgehead atoms. The van der Waals surface area contributed by atoms with Gasteiger partial charge in [0.15, 0.2) is 0 Å². The summed E-state index contributed by atoms with van der Waals surface area (Å²) in [5, 5.41) is 8.55. The number of nitrogens with zero attached hydrogens (tertiary/aromatic N) is 3. The number of halogens is 1. The van der Waals surface area contributed by atoms with Crippen LogP contribution in [0.3, 0.4) is 0 Å². The summed E-state index contributed by atoms with van der Waals surface area (Å²) in [7, 11) is 1.99. The Morgan fingerprint density at radius 2 is 2.00 bits per heavy atom. The Labute approximate surface area is 158 Å². The average Bonchev–Trinajstić information content (AvgIpc) is 3.40. The van der Waals surface area contributed by atoms with E-state index in [1.165, 1.54) is 18.5 Å². The van der Waals surface area contributed by atoms with Crippen LogP contribution in [0.2, 0.25) is 0 Å². The Hall–Kier alpha value is -2.59. The summed E-state index contributed by atoms with van der Waals surface area (Å²) in [6.45, 7) is 8.18. The molecular formula is C21H21ClN4. The number of aryl methyl sites for hydroxylation is 1. The molecule has 0 amide bonds. The molecule has 1 aromatic carbocycles. The summed E-state index contributed by atoms with van der Waals surface area (Å²) in [4.78, 5) is 4.58. The lowest BCUT2D eigenvalue weighted by Crippen LogP contribution is -2.31. The number of anilines is 1. The zero-order valence-corrected chi connectivity index (χ0v) is 15.5. The first kappa shape index (κ1) is 16.9. The van der Waals surface area contributed by atoms with Crippen molar-refractivity contribution in [3.63, 3.8) is 0 Å². The fourth-order valence-corrected chi connectivity index (χ4v) is 3.48. The van der Waals surface area contributed by atoms with Crippen molar-refractivity contribution in [3.8, 4) is 0 Å². The van der Waals surface area contributed by atoms with Crippen LogP contribution in [-0.4, -0.2) is 21.5 Å². The second kappa shape index (κ2) is 6.61. The van der Waals surface area contributed by atoms with Gasteiger partial charge in [-0.05, 0) is 18.4 Å². The molecule has 2 aliphatic rings. The summed E-state index contributed by atoms with van der Waals surface area (Å²) < 4.78 is 1.96. The Kier molecular flexibility index (Phi) is 4.29. The quantitative estimate of drug-likeness (QED) is 0.830. The molecule has 5 heteroatoms. The maximum absolute atomic E-state index is 6.23. The van der Waals surface area contributed by atoms with Gasteiger partial charge in [-0.1, -0.05) is 55.1 Å². The van der Waals surface area contributed by atoms with Crippen LogP contribution in [-0.2, 0) is 7.05 Å². The highest BCUT2D eigenvalue weighted by Gasteiger charge is 2.30. The van der Waals surface area contributed by atoms with Gasteiger partial charge in [-0.25, -0.2) is 0 Å². The van der Waals surface area contributed by atoms with Crippen LogP contribution < -0.4 is 5.32 Å². The van der Waals surface area contributed by atoms with Crippen molar-refractivity contribution in [1.82, 2.24) is 9.78 Å². The summed E-state index contributed by atoms with van der Waals surface area (Å²) >= 11 is 6.23. The van der Waals surface area contributed by atoms with E-state index in [4.69, 9.17) is 11.6 Å². The van der Waals surface area contributed by atoms with Gasteiger partial charge in [0.25, 0.3) is 0 Å². The standard InChI is InChI=1S/C21H21ClN4/c1-13-20(16-7-5-4-6-8-16)23-12-17(14(2)22)21(13)24-19-11-18(15-9-10-15)26(3)25-19/h4-8,11-12,15,21H,1-2,9-10H2,3H3,(H,24,25). The van der Waals surface area contributed by atoms with Crippen molar-refractivity contribution >= 4 is 23.1 Å². The molecule has 4 rings (SSSR count). The average molecular weight is 365 g/mol. The molecule has 0 saturated heterocycles. The molecule has 1 atom stereocenters. The van der Waals surface area contributed by atoms with Crippen molar-refractivity contribution in [2.24, 2.45) is 12.0 Å². The minimum Gasteiger partial charge on any atom is -0.357 e. The molecule has 132 valence electrons. The van der Waals surface area contributed by atoms with Crippen LogP contribution >= 0.6 is 11.6 Å². The number of hydrogen-bond donors (Lipinski definition) is 1. The van der Waals surface area contributed by atoms with E-state index in [1.54, 1.807) is 6.20 Å². The SMILES string of the molecule is C=C(Cl)C1=CN=C(c2ccccc2)C(=C)C1Nc1cc(C2CC2)n(C)n1. The van der Waals surface area contributed by atoms with Gasteiger partial charge in [-0.15, -0.1) is 0 Å². The number of aliphatic imine (C=N–C) groups is 1. The van der Waals surface area contributed by atoms with Gasteiger partial charge >= 0.3 is 0 Å². The van der Waals surface area contributed by atoms with Crippen molar-refractivity contribution in [1.29, 1.82) is 0 Å². The minimum atomic E-state index is -0.213. The van der Waals surface area contributed by atoms with Gasteiger partial charge in [0.1, 0.15) is 5.82 Å². The smallest absolute Gasteiger partial charge is 0.149 e. The zero-order valence-electron chi connectivity index (χ0n) is 14.7. The van der Waals surface area contributed by atoms with Crippen LogP contribution in [0.1, 0.15) is 30.0 Å². The highest BCUT2D eigenvalue weighted by atomic mass is 35.5. The van der Waals surface area contributed by atoms with E-state index in [2.05, 4.69) is 34.6 Å². The third-order valence-corrected chi connectivity index (χ3v) is 5.08. The Morgan fingerprint density at radius 3 is 2.65 bits per heavy atom. The predicted octanol–water partition coefficient (Wildman–Crippen LogP) is 4.77. The van der Waals surface area contributed by atoms with Crippen LogP contribution in [0, 0.1) is 0 Å². The first-order chi connectivity index (χ1) is 12.5. The summed E-state index contributed by atoms with van der Waals surface area (Å²) in [5.74, 6) is 1.45. The van der Waals surface area contributed by atoms with E-state index in [-0.39, 0.29) is 6.04 Å². The van der Waals surface area contributed by atoms with E-state index in [1.807, 2.05) is 42.1 Å². The molecule has 1 aromatic heterocycles. The number of hydrogen-bond acceptors (Lipinski definition) is 3. The molecule has 4 nitrogen and oxygen atoms in total. The molecular weight excluding hydrogens is 344 g/mol. The summed E-state index contributed by atoms with van der Waals surface area (Å²) in [6, 6.07) is 11.9. The highest BCUT2D eigenvalue weighted by molar-refractivity contribution is 6.32. The van der Waals surface area contributed by atoms with Crippen molar-refractivity contribution in [2.75, 3.05) is 5.32 Å². The van der Waals surface area contributed by atoms with Crippen LogP contribution in [0.4, 0.5) is 5.82 Å². The Balaban J connectivity index is 1.66. The molecule has 1 aliphatic carbocycles. The van der Waals surface area contributed by atoms with E-state index < -0.39 is 0 Å². The molecule has 26 heavy (non-hydrogen) atoms. The topological polar surface area (TPSA) is 42.2 Å². The fraction of sp³-hybridized carbons (Fsp3) is 0.238. The lowest BCUT2D eigenvalue weighted by molar-refractivity contribution is 0.714. The van der Waals surface area contributed by atoms with E-state index >= 15 is 0 Å². The Morgan fingerprint density at radius 1 is 1.27 bits per heavy atom. The number of nitrogens with one attached hydrogen (secondary N) is 1. The molecule has 1 unspecified atom stereocenters. The van der Waals surface area contributed by atoms with Gasteiger partial charge in [-0.3, -0.25) is 9.67 Å². The fourth-order valence-electron chi connectivity index (χ4n) is 3.32. The predicted molar refractivity (Wildman–Crippen MR) is 108 cm³/mol. The summed E-state index contributed by atoms with van der Waals surface area (Å²) in [5.41, 5.74) is 4.81. The second-order valence-electron chi connectivity index (χ2n) is 6.79. The van der Waals surface area contributed by atoms with Crippen LogP contribution in [0.5, 0.6) is 0 Å². The van der Waals surface area contributed by atoms with Gasteiger partial charge in [-0.2, -0.15) is 5.10 Å². The highest BCUT2D eigenvalue weighted by Crippen LogP contribution is 2.41. The normalized spacial score (nSPS) is 19.8. The van der Waals surface area contributed by atoms with Gasteiger partial charge in [0, 0.05) is 47.1 Å². The molecule has 1 aliphatic heterocycles. The van der Waals surface area contributed by atoms with Gasteiger partial charge < -0.3 is 5.32 Å². The van der Waals surface area contributed by atoms with Gasteiger partial charge in [0.2, 0.25) is 0 Å². The molecule has 2 aromatic rings. The van der Waals surface area contributed by atoms with E-state index in [0.717, 1.165) is 28.2 Å². The third kappa shape index (κ3) is 3.13. The molecule has 0 radical (unpaired) electrons. The first-order valence-electron chi connectivity index (χ1n) is 8.72. The maximum Gasteiger partial charge on any atom is 0.149 e.